The first-order valence-electron chi connectivity index (χ1n) is 8.25. The highest BCUT2D eigenvalue weighted by Crippen LogP contribution is 2.35. The van der Waals surface area contributed by atoms with Crippen LogP contribution in [0.3, 0.4) is 0 Å². The molecule has 3 atom stereocenters. The van der Waals surface area contributed by atoms with E-state index in [0.29, 0.717) is 19.0 Å². The zero-order chi connectivity index (χ0) is 16.9. The number of guanidine groups is 1. The summed E-state index contributed by atoms with van der Waals surface area (Å²) in [5.41, 5.74) is -0.155. The summed E-state index contributed by atoms with van der Waals surface area (Å²) in [6, 6.07) is 1.93. The van der Waals surface area contributed by atoms with Crippen LogP contribution in [0.25, 0.3) is 0 Å². The van der Waals surface area contributed by atoms with Gasteiger partial charge in [-0.15, -0.1) is 0 Å². The molecule has 1 aromatic heterocycles. The quantitative estimate of drug-likeness (QED) is 0.489. The molecule has 2 rings (SSSR count). The summed E-state index contributed by atoms with van der Waals surface area (Å²) < 4.78 is 0. The lowest BCUT2D eigenvalue weighted by Crippen LogP contribution is -2.50. The maximum Gasteiger partial charge on any atom is 0.191 e. The normalized spacial score (nSPS) is 28.2. The molecule has 5 nitrogen and oxygen atoms in total. The topological polar surface area (TPSA) is 76.9 Å². The minimum Gasteiger partial charge on any atom is -0.392 e. The molecule has 0 aromatic carbocycles. The number of thiophene rings is 1. The minimum absolute atomic E-state index is 0.119. The molecule has 1 saturated carbocycles. The third kappa shape index (κ3) is 4.68. The molecule has 0 aliphatic heterocycles. The second-order valence-electron chi connectivity index (χ2n) is 6.98. The number of aliphatic hydroxyl groups excluding tert-OH is 1. The third-order valence-corrected chi connectivity index (χ3v) is 5.59. The SMILES string of the molecule is CN=C(NCC(C)(O)c1ccsc1)NCC1(C)CCCCC1O. The summed E-state index contributed by atoms with van der Waals surface area (Å²) in [6.45, 7) is 4.97. The van der Waals surface area contributed by atoms with E-state index in [2.05, 4.69) is 22.5 Å². The first kappa shape index (κ1) is 18.2. The molecule has 4 N–H and O–H groups in total. The molecule has 0 bridgehead atoms. The Morgan fingerprint density at radius 1 is 1.48 bits per heavy atom. The number of nitrogens with one attached hydrogen (secondary N) is 2. The monoisotopic (exact) mass is 339 g/mol. The average Bonchev–Trinajstić information content (AvgIpc) is 3.06. The third-order valence-electron chi connectivity index (χ3n) is 4.91. The van der Waals surface area contributed by atoms with Crippen molar-refractivity contribution in [1.82, 2.24) is 10.6 Å². The van der Waals surface area contributed by atoms with Crippen molar-refractivity contribution in [2.24, 2.45) is 10.4 Å². The van der Waals surface area contributed by atoms with Gasteiger partial charge in [-0.1, -0.05) is 19.8 Å². The molecular weight excluding hydrogens is 310 g/mol. The van der Waals surface area contributed by atoms with Crippen molar-refractivity contribution in [2.75, 3.05) is 20.1 Å². The van der Waals surface area contributed by atoms with Crippen molar-refractivity contribution in [3.8, 4) is 0 Å². The zero-order valence-corrected chi connectivity index (χ0v) is 15.1. The highest BCUT2D eigenvalue weighted by atomic mass is 32.1. The van der Waals surface area contributed by atoms with Crippen LogP contribution in [0.4, 0.5) is 0 Å². The van der Waals surface area contributed by atoms with Gasteiger partial charge in [-0.05, 0) is 42.2 Å². The maximum atomic E-state index is 10.6. The second-order valence-corrected chi connectivity index (χ2v) is 7.76. The van der Waals surface area contributed by atoms with E-state index in [-0.39, 0.29) is 11.5 Å². The van der Waals surface area contributed by atoms with Gasteiger partial charge < -0.3 is 20.8 Å². The molecular formula is C17H29N3O2S. The molecule has 6 heteroatoms. The molecule has 1 aromatic rings. The first-order chi connectivity index (χ1) is 10.9. The van der Waals surface area contributed by atoms with Gasteiger partial charge in [0.25, 0.3) is 0 Å². The summed E-state index contributed by atoms with van der Waals surface area (Å²) in [6.07, 6.45) is 3.89. The van der Waals surface area contributed by atoms with E-state index >= 15 is 0 Å². The maximum absolute atomic E-state index is 10.6. The van der Waals surface area contributed by atoms with Crippen LogP contribution in [-0.2, 0) is 5.60 Å². The van der Waals surface area contributed by atoms with Crippen LogP contribution in [0.2, 0.25) is 0 Å². The van der Waals surface area contributed by atoms with E-state index < -0.39 is 5.60 Å². The van der Waals surface area contributed by atoms with Gasteiger partial charge >= 0.3 is 0 Å². The van der Waals surface area contributed by atoms with E-state index in [1.54, 1.807) is 25.3 Å². The van der Waals surface area contributed by atoms with Crippen LogP contribution in [0.15, 0.2) is 21.8 Å². The molecule has 0 amide bonds. The van der Waals surface area contributed by atoms with E-state index in [9.17, 15) is 10.2 Å². The van der Waals surface area contributed by atoms with Crippen molar-refractivity contribution >= 4 is 17.3 Å². The molecule has 1 aliphatic rings. The van der Waals surface area contributed by atoms with Gasteiger partial charge in [0, 0.05) is 19.0 Å². The van der Waals surface area contributed by atoms with Crippen LogP contribution in [0.5, 0.6) is 0 Å². The molecule has 1 heterocycles. The van der Waals surface area contributed by atoms with Gasteiger partial charge in [-0.2, -0.15) is 11.3 Å². The Bertz CT molecular complexity index is 516. The van der Waals surface area contributed by atoms with Gasteiger partial charge in [0.1, 0.15) is 5.60 Å². The smallest absolute Gasteiger partial charge is 0.191 e. The van der Waals surface area contributed by atoms with Gasteiger partial charge in [0.15, 0.2) is 5.96 Å². The van der Waals surface area contributed by atoms with Crippen molar-refractivity contribution in [2.45, 2.75) is 51.2 Å². The molecule has 0 saturated heterocycles. The lowest BCUT2D eigenvalue weighted by molar-refractivity contribution is 0.00384. The van der Waals surface area contributed by atoms with Crippen molar-refractivity contribution < 1.29 is 10.2 Å². The molecule has 130 valence electrons. The fraction of sp³-hybridized carbons (Fsp3) is 0.706. The van der Waals surface area contributed by atoms with Crippen LogP contribution < -0.4 is 10.6 Å². The summed E-state index contributed by atoms with van der Waals surface area (Å²) in [4.78, 5) is 4.22. The van der Waals surface area contributed by atoms with Gasteiger partial charge in [0.2, 0.25) is 0 Å². The van der Waals surface area contributed by atoms with E-state index in [1.165, 1.54) is 0 Å². The first-order valence-corrected chi connectivity index (χ1v) is 9.19. The van der Waals surface area contributed by atoms with Crippen LogP contribution >= 0.6 is 11.3 Å². The second kappa shape index (κ2) is 7.64. The fourth-order valence-electron chi connectivity index (χ4n) is 3.02. The largest absolute Gasteiger partial charge is 0.392 e. The van der Waals surface area contributed by atoms with Crippen molar-refractivity contribution in [3.63, 3.8) is 0 Å². The molecule has 1 aliphatic carbocycles. The van der Waals surface area contributed by atoms with E-state index in [4.69, 9.17) is 0 Å². The number of aliphatic imine (C=N–C) groups is 1. The number of rotatable bonds is 5. The minimum atomic E-state index is -0.939. The predicted octanol–water partition coefficient (Wildman–Crippen LogP) is 2.06. The standard InChI is InChI=1S/C17H29N3O2S/c1-16(8-5-4-6-14(16)21)11-19-15(18-3)20-12-17(2,22)13-7-9-23-10-13/h7,9-10,14,21-22H,4-6,8,11-12H2,1-3H3,(H2,18,19,20). The lowest BCUT2D eigenvalue weighted by atomic mass is 9.73. The average molecular weight is 340 g/mol. The molecule has 0 spiro atoms. The number of nitrogens with zero attached hydrogens (tertiary/aromatic N) is 1. The Morgan fingerprint density at radius 2 is 2.26 bits per heavy atom. The number of aliphatic hydroxyl groups is 2. The molecule has 3 unspecified atom stereocenters. The number of hydrogen-bond donors (Lipinski definition) is 4. The summed E-state index contributed by atoms with van der Waals surface area (Å²) in [5.74, 6) is 0.652. The summed E-state index contributed by atoms with van der Waals surface area (Å²) in [5, 5.41) is 31.2. The Kier molecular flexibility index (Phi) is 6.06. The summed E-state index contributed by atoms with van der Waals surface area (Å²) >= 11 is 1.57. The molecule has 0 radical (unpaired) electrons. The fourth-order valence-corrected chi connectivity index (χ4v) is 3.81. The molecule has 23 heavy (non-hydrogen) atoms. The van der Waals surface area contributed by atoms with Crippen LogP contribution in [0, 0.1) is 5.41 Å². The van der Waals surface area contributed by atoms with Crippen LogP contribution in [0.1, 0.15) is 45.1 Å². The van der Waals surface area contributed by atoms with Gasteiger partial charge in [-0.25, -0.2) is 0 Å². The number of hydrogen-bond acceptors (Lipinski definition) is 4. The van der Waals surface area contributed by atoms with Crippen LogP contribution in [-0.4, -0.2) is 42.4 Å². The Hall–Kier alpha value is -1.11. The lowest BCUT2D eigenvalue weighted by Gasteiger charge is -2.39. The van der Waals surface area contributed by atoms with Gasteiger partial charge in [0.05, 0.1) is 12.6 Å². The highest BCUT2D eigenvalue weighted by Gasteiger charge is 2.35. The zero-order valence-electron chi connectivity index (χ0n) is 14.3. The highest BCUT2D eigenvalue weighted by molar-refractivity contribution is 7.08. The van der Waals surface area contributed by atoms with Crippen molar-refractivity contribution in [3.05, 3.63) is 22.4 Å². The van der Waals surface area contributed by atoms with Crippen molar-refractivity contribution in [1.29, 1.82) is 0 Å². The van der Waals surface area contributed by atoms with E-state index in [0.717, 1.165) is 31.2 Å². The molecule has 1 fully saturated rings. The predicted molar refractivity (Wildman–Crippen MR) is 95.8 cm³/mol. The Balaban J connectivity index is 1.86. The summed E-state index contributed by atoms with van der Waals surface area (Å²) in [7, 11) is 1.72. The Labute approximate surface area is 142 Å². The van der Waals surface area contributed by atoms with E-state index in [1.807, 2.05) is 16.8 Å². The Morgan fingerprint density at radius 3 is 2.87 bits per heavy atom. The van der Waals surface area contributed by atoms with Gasteiger partial charge in [-0.3, -0.25) is 4.99 Å².